The van der Waals surface area contributed by atoms with Crippen molar-refractivity contribution < 1.29 is 4.79 Å². The van der Waals surface area contributed by atoms with Gasteiger partial charge in [-0.15, -0.1) is 12.4 Å². The molecule has 0 bridgehead atoms. The van der Waals surface area contributed by atoms with E-state index < -0.39 is 0 Å². The van der Waals surface area contributed by atoms with Crippen molar-refractivity contribution in [2.45, 2.75) is 19.4 Å². The van der Waals surface area contributed by atoms with E-state index in [1.54, 1.807) is 6.07 Å². The highest BCUT2D eigenvalue weighted by Crippen LogP contribution is 2.18. The lowest BCUT2D eigenvalue weighted by molar-refractivity contribution is 0.1000. The quantitative estimate of drug-likeness (QED) is 0.877. The highest BCUT2D eigenvalue weighted by Gasteiger charge is 2.18. The molecule has 1 atom stereocenters. The number of nitrogens with two attached hydrogens (primary N) is 2. The number of likely N-dealkylation sites (tertiary alicyclic amines) is 1. The van der Waals surface area contributed by atoms with Gasteiger partial charge in [0.1, 0.15) is 0 Å². The van der Waals surface area contributed by atoms with Crippen molar-refractivity contribution >= 4 is 18.3 Å². The van der Waals surface area contributed by atoms with E-state index in [4.69, 9.17) is 11.5 Å². The van der Waals surface area contributed by atoms with E-state index in [9.17, 15) is 4.79 Å². The fraction of sp³-hybridized carbons (Fsp3) is 0.500. The van der Waals surface area contributed by atoms with Gasteiger partial charge in [-0.25, -0.2) is 0 Å². The summed E-state index contributed by atoms with van der Waals surface area (Å²) in [6.07, 6.45) is 2.44. The first-order chi connectivity index (χ1) is 8.69. The van der Waals surface area contributed by atoms with E-state index in [-0.39, 0.29) is 18.3 Å². The lowest BCUT2D eigenvalue weighted by atomic mass is 9.97. The van der Waals surface area contributed by atoms with Gasteiger partial charge in [0.15, 0.2) is 0 Å². The standard InChI is InChI=1S/C14H21N3O.ClH/c15-8-12-4-2-6-17(10-12)9-11-3-1-5-13(7-11)14(16)18;/h1,3,5,7,12H,2,4,6,8-10,15H2,(H2,16,18);1H. The van der Waals surface area contributed by atoms with Gasteiger partial charge >= 0.3 is 0 Å². The van der Waals surface area contributed by atoms with Crippen LogP contribution in [0, 0.1) is 5.92 Å². The molecule has 0 spiro atoms. The highest BCUT2D eigenvalue weighted by atomic mass is 35.5. The van der Waals surface area contributed by atoms with E-state index in [0.29, 0.717) is 11.5 Å². The van der Waals surface area contributed by atoms with Gasteiger partial charge in [-0.1, -0.05) is 12.1 Å². The minimum Gasteiger partial charge on any atom is -0.366 e. The Morgan fingerprint density at radius 2 is 2.21 bits per heavy atom. The molecule has 1 aliphatic rings. The van der Waals surface area contributed by atoms with Crippen LogP contribution in [0.25, 0.3) is 0 Å². The second-order valence-electron chi connectivity index (χ2n) is 5.04. The molecule has 0 radical (unpaired) electrons. The highest BCUT2D eigenvalue weighted by molar-refractivity contribution is 5.92. The van der Waals surface area contributed by atoms with E-state index in [1.165, 1.54) is 12.8 Å². The van der Waals surface area contributed by atoms with E-state index in [1.807, 2.05) is 18.2 Å². The SMILES string of the molecule is Cl.NCC1CCCN(Cc2cccc(C(N)=O)c2)C1. The zero-order valence-electron chi connectivity index (χ0n) is 11.0. The van der Waals surface area contributed by atoms with Crippen LogP contribution in [0.15, 0.2) is 24.3 Å². The molecule has 1 heterocycles. The Morgan fingerprint density at radius 3 is 2.89 bits per heavy atom. The number of primary amides is 1. The Hall–Kier alpha value is -1.10. The number of hydrogen-bond donors (Lipinski definition) is 2. The number of carbonyl (C=O) groups excluding carboxylic acids is 1. The first kappa shape index (κ1) is 16.0. The van der Waals surface area contributed by atoms with Crippen LogP contribution in [-0.4, -0.2) is 30.4 Å². The molecule has 1 aromatic carbocycles. The smallest absolute Gasteiger partial charge is 0.248 e. The third-order valence-corrected chi connectivity index (χ3v) is 3.55. The minimum atomic E-state index is -0.365. The van der Waals surface area contributed by atoms with Gasteiger partial charge in [-0.3, -0.25) is 9.69 Å². The molecule has 0 aromatic heterocycles. The second-order valence-corrected chi connectivity index (χ2v) is 5.04. The normalized spacial score (nSPS) is 19.7. The second kappa shape index (κ2) is 7.48. The maximum absolute atomic E-state index is 11.1. The van der Waals surface area contributed by atoms with Crippen LogP contribution in [0.2, 0.25) is 0 Å². The van der Waals surface area contributed by atoms with Crippen LogP contribution in [-0.2, 0) is 6.54 Å². The Balaban J connectivity index is 0.00000180. The molecule has 106 valence electrons. The van der Waals surface area contributed by atoms with E-state index >= 15 is 0 Å². The average molecular weight is 284 g/mol. The maximum atomic E-state index is 11.1. The molecule has 5 heteroatoms. The number of carbonyl (C=O) groups is 1. The summed E-state index contributed by atoms with van der Waals surface area (Å²) in [5.74, 6) is 0.244. The molecule has 4 nitrogen and oxygen atoms in total. The molecule has 0 aliphatic carbocycles. The Bertz CT molecular complexity index is 425. The fourth-order valence-corrected chi connectivity index (χ4v) is 2.57. The molecule has 1 unspecified atom stereocenters. The van der Waals surface area contributed by atoms with Crippen molar-refractivity contribution in [3.63, 3.8) is 0 Å². The lowest BCUT2D eigenvalue weighted by Crippen LogP contribution is -2.37. The number of piperidine rings is 1. The van der Waals surface area contributed by atoms with Crippen molar-refractivity contribution in [3.05, 3.63) is 35.4 Å². The molecule has 2 rings (SSSR count). The Morgan fingerprint density at radius 1 is 1.42 bits per heavy atom. The summed E-state index contributed by atoms with van der Waals surface area (Å²) in [4.78, 5) is 13.5. The van der Waals surface area contributed by atoms with Gasteiger partial charge in [0.05, 0.1) is 0 Å². The number of amides is 1. The number of benzene rings is 1. The van der Waals surface area contributed by atoms with Crippen molar-refractivity contribution in [1.82, 2.24) is 4.90 Å². The van der Waals surface area contributed by atoms with Crippen LogP contribution in [0.3, 0.4) is 0 Å². The van der Waals surface area contributed by atoms with Crippen molar-refractivity contribution in [2.75, 3.05) is 19.6 Å². The molecular formula is C14H22ClN3O. The van der Waals surface area contributed by atoms with E-state index in [2.05, 4.69) is 4.90 Å². The minimum absolute atomic E-state index is 0. The molecule has 1 fully saturated rings. The summed E-state index contributed by atoms with van der Waals surface area (Å²) >= 11 is 0. The average Bonchev–Trinajstić information content (AvgIpc) is 2.39. The topological polar surface area (TPSA) is 72.3 Å². The van der Waals surface area contributed by atoms with Crippen LogP contribution in [0.1, 0.15) is 28.8 Å². The summed E-state index contributed by atoms with van der Waals surface area (Å²) in [5.41, 5.74) is 12.8. The van der Waals surface area contributed by atoms with Crippen LogP contribution < -0.4 is 11.5 Å². The lowest BCUT2D eigenvalue weighted by Gasteiger charge is -2.32. The number of nitrogens with zero attached hydrogens (tertiary/aromatic N) is 1. The summed E-state index contributed by atoms with van der Waals surface area (Å²) in [6.45, 7) is 3.80. The third-order valence-electron chi connectivity index (χ3n) is 3.55. The molecule has 1 amide bonds. The molecule has 1 aliphatic heterocycles. The predicted octanol–water partition coefficient (Wildman–Crippen LogP) is 1.38. The van der Waals surface area contributed by atoms with Crippen molar-refractivity contribution in [2.24, 2.45) is 17.4 Å². The van der Waals surface area contributed by atoms with Crippen LogP contribution >= 0.6 is 12.4 Å². The number of halogens is 1. The van der Waals surface area contributed by atoms with Gasteiger partial charge < -0.3 is 11.5 Å². The van der Waals surface area contributed by atoms with Gasteiger partial charge in [0.25, 0.3) is 0 Å². The predicted molar refractivity (Wildman–Crippen MR) is 79.3 cm³/mol. The van der Waals surface area contributed by atoms with E-state index in [0.717, 1.165) is 31.7 Å². The number of hydrogen-bond acceptors (Lipinski definition) is 3. The van der Waals surface area contributed by atoms with Gasteiger partial charge in [0, 0.05) is 18.7 Å². The zero-order chi connectivity index (χ0) is 13.0. The maximum Gasteiger partial charge on any atom is 0.248 e. The molecular weight excluding hydrogens is 262 g/mol. The molecule has 19 heavy (non-hydrogen) atoms. The molecule has 1 aromatic rings. The first-order valence-corrected chi connectivity index (χ1v) is 6.50. The van der Waals surface area contributed by atoms with Crippen molar-refractivity contribution in [1.29, 1.82) is 0 Å². The zero-order valence-corrected chi connectivity index (χ0v) is 11.9. The summed E-state index contributed by atoms with van der Waals surface area (Å²) < 4.78 is 0. The third kappa shape index (κ3) is 4.49. The summed E-state index contributed by atoms with van der Waals surface area (Å²) in [6, 6.07) is 7.57. The Labute approximate surface area is 120 Å². The monoisotopic (exact) mass is 283 g/mol. The van der Waals surface area contributed by atoms with Gasteiger partial charge in [-0.05, 0) is 49.5 Å². The van der Waals surface area contributed by atoms with Crippen molar-refractivity contribution in [3.8, 4) is 0 Å². The Kier molecular flexibility index (Phi) is 6.28. The summed E-state index contributed by atoms with van der Waals surface area (Å²) in [7, 11) is 0. The molecule has 4 N–H and O–H groups in total. The van der Waals surface area contributed by atoms with Crippen LogP contribution in [0.4, 0.5) is 0 Å². The number of rotatable bonds is 4. The first-order valence-electron chi connectivity index (χ1n) is 6.50. The van der Waals surface area contributed by atoms with Gasteiger partial charge in [0.2, 0.25) is 5.91 Å². The van der Waals surface area contributed by atoms with Gasteiger partial charge in [-0.2, -0.15) is 0 Å². The fourth-order valence-electron chi connectivity index (χ4n) is 2.57. The molecule has 1 saturated heterocycles. The summed E-state index contributed by atoms with van der Waals surface area (Å²) in [5, 5.41) is 0. The molecule has 0 saturated carbocycles. The largest absolute Gasteiger partial charge is 0.366 e. The van der Waals surface area contributed by atoms with Crippen LogP contribution in [0.5, 0.6) is 0 Å².